The molecule has 0 aliphatic carbocycles. The number of piperazine rings is 1. The number of thiophene rings is 1. The van der Waals surface area contributed by atoms with Gasteiger partial charge in [0.25, 0.3) is 0 Å². The summed E-state index contributed by atoms with van der Waals surface area (Å²) in [5, 5.41) is 1.92. The lowest BCUT2D eigenvalue weighted by Gasteiger charge is -2.35. The first-order valence-electron chi connectivity index (χ1n) is 10.3. The highest BCUT2D eigenvalue weighted by Gasteiger charge is 2.24. The van der Waals surface area contributed by atoms with Crippen LogP contribution in [0.25, 0.3) is 10.2 Å². The number of fused-ring (bicyclic) bond motifs is 1. The molecule has 0 bridgehead atoms. The standard InChI is InChI=1S/C23H26N4OS2/c1-3-14-29-23-24-21(19-16-18(4-2)30-22(19)25-23)27-12-10-26(11-13-27)20(28)15-17-8-6-5-7-9-17/h3,5-9,16H,1,4,10-15H2,2H3. The molecule has 5 nitrogen and oxygen atoms in total. The summed E-state index contributed by atoms with van der Waals surface area (Å²) in [5.41, 5.74) is 1.07. The van der Waals surface area contributed by atoms with Crippen molar-refractivity contribution in [1.82, 2.24) is 14.9 Å². The summed E-state index contributed by atoms with van der Waals surface area (Å²) in [6.07, 6.45) is 3.34. The highest BCUT2D eigenvalue weighted by Crippen LogP contribution is 2.33. The number of hydrogen-bond donors (Lipinski definition) is 0. The van der Waals surface area contributed by atoms with E-state index in [0.717, 1.165) is 65.1 Å². The summed E-state index contributed by atoms with van der Waals surface area (Å²) < 4.78 is 0. The van der Waals surface area contributed by atoms with Gasteiger partial charge in [-0.05, 0) is 18.1 Å². The Bertz CT molecular complexity index is 1030. The van der Waals surface area contributed by atoms with Gasteiger partial charge in [-0.25, -0.2) is 9.97 Å². The van der Waals surface area contributed by atoms with Gasteiger partial charge in [-0.2, -0.15) is 0 Å². The van der Waals surface area contributed by atoms with E-state index in [-0.39, 0.29) is 5.91 Å². The molecule has 0 saturated carbocycles. The average Bonchev–Trinajstić information content (AvgIpc) is 3.21. The summed E-state index contributed by atoms with van der Waals surface area (Å²) >= 11 is 3.36. The van der Waals surface area contributed by atoms with E-state index in [1.807, 2.05) is 41.3 Å². The fourth-order valence-electron chi connectivity index (χ4n) is 3.60. The first-order valence-corrected chi connectivity index (χ1v) is 12.1. The van der Waals surface area contributed by atoms with Crippen molar-refractivity contribution in [3.63, 3.8) is 0 Å². The summed E-state index contributed by atoms with van der Waals surface area (Å²) in [5.74, 6) is 1.98. The first-order chi connectivity index (χ1) is 14.7. The fraction of sp³-hybridized carbons (Fsp3) is 0.348. The molecule has 1 aromatic carbocycles. The second-order valence-corrected chi connectivity index (χ2v) is 9.35. The van der Waals surface area contributed by atoms with Crippen LogP contribution in [0.1, 0.15) is 17.4 Å². The zero-order chi connectivity index (χ0) is 20.9. The van der Waals surface area contributed by atoms with Gasteiger partial charge < -0.3 is 9.80 Å². The van der Waals surface area contributed by atoms with Gasteiger partial charge in [0, 0.05) is 36.8 Å². The van der Waals surface area contributed by atoms with E-state index in [1.165, 1.54) is 4.88 Å². The number of benzene rings is 1. The maximum Gasteiger partial charge on any atom is 0.227 e. The quantitative estimate of drug-likeness (QED) is 0.310. The molecule has 3 heterocycles. The molecule has 30 heavy (non-hydrogen) atoms. The van der Waals surface area contributed by atoms with Gasteiger partial charge in [-0.3, -0.25) is 4.79 Å². The third-order valence-electron chi connectivity index (χ3n) is 5.21. The molecule has 1 aliphatic heterocycles. The number of carbonyl (C=O) groups excluding carboxylic acids is 1. The fourth-order valence-corrected chi connectivity index (χ4v) is 5.19. The Balaban J connectivity index is 1.50. The summed E-state index contributed by atoms with van der Waals surface area (Å²) in [4.78, 5) is 29.0. The van der Waals surface area contributed by atoms with Crippen LogP contribution in [0, 0.1) is 0 Å². The normalized spacial score (nSPS) is 14.3. The molecule has 0 radical (unpaired) electrons. The number of aryl methyl sites for hydroxylation is 1. The van der Waals surface area contributed by atoms with Gasteiger partial charge in [-0.15, -0.1) is 17.9 Å². The minimum atomic E-state index is 0.194. The van der Waals surface area contributed by atoms with Gasteiger partial charge in [0.15, 0.2) is 5.16 Å². The third kappa shape index (κ3) is 4.68. The van der Waals surface area contributed by atoms with E-state index >= 15 is 0 Å². The maximum atomic E-state index is 12.7. The molecular weight excluding hydrogens is 412 g/mol. The summed E-state index contributed by atoms with van der Waals surface area (Å²) in [7, 11) is 0. The van der Waals surface area contributed by atoms with Crippen LogP contribution < -0.4 is 4.90 Å². The van der Waals surface area contributed by atoms with Gasteiger partial charge >= 0.3 is 0 Å². The summed E-state index contributed by atoms with van der Waals surface area (Å²) in [6, 6.07) is 12.2. The van der Waals surface area contributed by atoms with Crippen LogP contribution in [-0.2, 0) is 17.6 Å². The summed E-state index contributed by atoms with van der Waals surface area (Å²) in [6.45, 7) is 8.98. The molecule has 0 unspecified atom stereocenters. The lowest BCUT2D eigenvalue weighted by Crippen LogP contribution is -2.49. The van der Waals surface area contributed by atoms with Crippen molar-refractivity contribution in [2.45, 2.75) is 24.9 Å². The van der Waals surface area contributed by atoms with Crippen molar-refractivity contribution in [2.24, 2.45) is 0 Å². The molecule has 0 atom stereocenters. The van der Waals surface area contributed by atoms with Crippen LogP contribution in [-0.4, -0.2) is 52.7 Å². The zero-order valence-corrected chi connectivity index (χ0v) is 18.8. The van der Waals surface area contributed by atoms with E-state index < -0.39 is 0 Å². The molecule has 7 heteroatoms. The third-order valence-corrected chi connectivity index (χ3v) is 7.23. The Morgan fingerprint density at radius 3 is 2.67 bits per heavy atom. The second-order valence-electron chi connectivity index (χ2n) is 7.24. The topological polar surface area (TPSA) is 49.3 Å². The van der Waals surface area contributed by atoms with Crippen molar-refractivity contribution in [3.8, 4) is 0 Å². The monoisotopic (exact) mass is 438 g/mol. The van der Waals surface area contributed by atoms with Crippen molar-refractivity contribution in [2.75, 3.05) is 36.8 Å². The number of hydrogen-bond acceptors (Lipinski definition) is 6. The van der Waals surface area contributed by atoms with Gasteiger partial charge in [0.2, 0.25) is 5.91 Å². The smallest absolute Gasteiger partial charge is 0.227 e. The molecule has 0 N–H and O–H groups in total. The number of amides is 1. The molecule has 1 fully saturated rings. The predicted molar refractivity (Wildman–Crippen MR) is 127 cm³/mol. The Hall–Kier alpha value is -2.38. The SMILES string of the molecule is C=CCSc1nc(N2CCN(C(=O)Cc3ccccc3)CC2)c2cc(CC)sc2n1. The molecule has 1 aliphatic rings. The average molecular weight is 439 g/mol. The first kappa shape index (κ1) is 20.9. The molecule has 3 aromatic rings. The van der Waals surface area contributed by atoms with E-state index in [4.69, 9.17) is 9.97 Å². The Morgan fingerprint density at radius 2 is 1.97 bits per heavy atom. The van der Waals surface area contributed by atoms with Gasteiger partial charge in [-0.1, -0.05) is 55.1 Å². The zero-order valence-electron chi connectivity index (χ0n) is 17.2. The number of nitrogens with zero attached hydrogens (tertiary/aromatic N) is 4. The van der Waals surface area contributed by atoms with Crippen molar-refractivity contribution < 1.29 is 4.79 Å². The second kappa shape index (κ2) is 9.62. The number of anilines is 1. The number of thioether (sulfide) groups is 1. The van der Waals surface area contributed by atoms with Crippen LogP contribution in [0.3, 0.4) is 0 Å². The van der Waals surface area contributed by atoms with E-state index in [1.54, 1.807) is 23.1 Å². The van der Waals surface area contributed by atoms with Crippen molar-refractivity contribution >= 4 is 45.0 Å². The van der Waals surface area contributed by atoms with Crippen LogP contribution >= 0.6 is 23.1 Å². The Labute approximate surface area is 185 Å². The minimum Gasteiger partial charge on any atom is -0.352 e. The number of aromatic nitrogens is 2. The lowest BCUT2D eigenvalue weighted by atomic mass is 10.1. The minimum absolute atomic E-state index is 0.194. The molecule has 156 valence electrons. The van der Waals surface area contributed by atoms with Gasteiger partial charge in [0.1, 0.15) is 10.6 Å². The molecule has 2 aromatic heterocycles. The highest BCUT2D eigenvalue weighted by atomic mass is 32.2. The van der Waals surface area contributed by atoms with Crippen LogP contribution in [0.15, 0.2) is 54.2 Å². The largest absolute Gasteiger partial charge is 0.352 e. The molecular formula is C23H26N4OS2. The lowest BCUT2D eigenvalue weighted by molar-refractivity contribution is -0.130. The molecule has 0 spiro atoms. The number of carbonyl (C=O) groups is 1. The van der Waals surface area contributed by atoms with E-state index in [9.17, 15) is 4.79 Å². The van der Waals surface area contributed by atoms with Crippen LogP contribution in [0.5, 0.6) is 0 Å². The highest BCUT2D eigenvalue weighted by molar-refractivity contribution is 7.99. The van der Waals surface area contributed by atoms with Crippen LogP contribution in [0.2, 0.25) is 0 Å². The molecule has 4 rings (SSSR count). The Kier molecular flexibility index (Phi) is 6.69. The van der Waals surface area contributed by atoms with E-state index in [0.29, 0.717) is 6.42 Å². The van der Waals surface area contributed by atoms with Gasteiger partial charge in [0.05, 0.1) is 11.8 Å². The Morgan fingerprint density at radius 1 is 1.20 bits per heavy atom. The number of rotatable bonds is 7. The maximum absolute atomic E-state index is 12.7. The van der Waals surface area contributed by atoms with Crippen molar-refractivity contribution in [1.29, 1.82) is 0 Å². The van der Waals surface area contributed by atoms with Crippen LogP contribution in [0.4, 0.5) is 5.82 Å². The van der Waals surface area contributed by atoms with E-state index in [2.05, 4.69) is 24.5 Å². The van der Waals surface area contributed by atoms with Crippen molar-refractivity contribution in [3.05, 3.63) is 59.5 Å². The molecule has 1 saturated heterocycles. The predicted octanol–water partition coefficient (Wildman–Crippen LogP) is 4.42. The molecule has 1 amide bonds.